The van der Waals surface area contributed by atoms with Crippen molar-refractivity contribution in [2.24, 2.45) is 11.1 Å². The van der Waals surface area contributed by atoms with E-state index in [1.807, 2.05) is 66.7 Å². The Balaban J connectivity index is 1.34. The molecule has 0 spiro atoms. The fourth-order valence-corrected chi connectivity index (χ4v) is 8.14. The molecule has 2 heterocycles. The number of halogens is 1. The van der Waals surface area contributed by atoms with Gasteiger partial charge in [-0.05, 0) is 71.2 Å². The average molecular weight is 876 g/mol. The van der Waals surface area contributed by atoms with E-state index in [0.717, 1.165) is 40.7 Å². The van der Waals surface area contributed by atoms with E-state index in [0.29, 0.717) is 47.0 Å². The molecule has 3 atom stereocenters. The molecule has 0 radical (unpaired) electrons. The van der Waals surface area contributed by atoms with Crippen LogP contribution >= 0.6 is 15.9 Å². The number of nitrogens with one attached hydrogen (secondary N) is 4. The van der Waals surface area contributed by atoms with E-state index in [2.05, 4.69) is 37.2 Å². The van der Waals surface area contributed by atoms with Crippen LogP contribution in [0.4, 0.5) is 0 Å². The summed E-state index contributed by atoms with van der Waals surface area (Å²) < 4.78 is 0.665. The number of nitrogens with two attached hydrogens (primary N) is 1. The summed E-state index contributed by atoms with van der Waals surface area (Å²) in [5.41, 5.74) is 9.68. The molecule has 6 N–H and O–H groups in total. The van der Waals surface area contributed by atoms with Crippen LogP contribution in [0.5, 0.6) is 0 Å². The molecule has 6 rings (SSSR count). The number of benzene rings is 4. The highest BCUT2D eigenvalue weighted by molar-refractivity contribution is 9.10. The van der Waals surface area contributed by atoms with Crippen molar-refractivity contribution >= 4 is 57.7 Å². The fourth-order valence-electron chi connectivity index (χ4n) is 7.67. The molecule has 310 valence electrons. The van der Waals surface area contributed by atoms with Crippen LogP contribution in [-0.2, 0) is 54.6 Å². The first-order chi connectivity index (χ1) is 28.9. The van der Waals surface area contributed by atoms with Crippen LogP contribution in [0.25, 0.3) is 11.1 Å². The van der Waals surface area contributed by atoms with Crippen LogP contribution in [-0.4, -0.2) is 78.3 Å². The van der Waals surface area contributed by atoms with E-state index in [1.165, 1.54) is 0 Å². The quantitative estimate of drug-likeness (QED) is 0.175. The molecule has 4 aromatic rings. The van der Waals surface area contributed by atoms with Gasteiger partial charge in [0.25, 0.3) is 0 Å². The van der Waals surface area contributed by atoms with E-state index in [9.17, 15) is 33.6 Å². The van der Waals surface area contributed by atoms with E-state index in [1.54, 1.807) is 35.2 Å². The fraction of sp³-hybridized carbons (Fsp3) is 0.283. The number of amides is 6. The van der Waals surface area contributed by atoms with Gasteiger partial charge in [0, 0.05) is 54.8 Å². The zero-order valence-corrected chi connectivity index (χ0v) is 34.5. The summed E-state index contributed by atoms with van der Waals surface area (Å²) in [4.78, 5) is 93.8. The Morgan fingerprint density at radius 3 is 2.27 bits per heavy atom. The summed E-state index contributed by atoms with van der Waals surface area (Å²) in [5, 5.41) is 11.3. The van der Waals surface area contributed by atoms with Gasteiger partial charge >= 0.3 is 0 Å². The first kappa shape index (κ1) is 43.2. The Morgan fingerprint density at radius 2 is 1.55 bits per heavy atom. The highest BCUT2D eigenvalue weighted by atomic mass is 79.9. The summed E-state index contributed by atoms with van der Waals surface area (Å²) in [6.45, 7) is 0.442. The van der Waals surface area contributed by atoms with Crippen LogP contribution in [0.3, 0.4) is 0 Å². The van der Waals surface area contributed by atoms with Gasteiger partial charge in [-0.3, -0.25) is 33.6 Å². The topological polar surface area (TPSA) is 197 Å². The van der Waals surface area contributed by atoms with Gasteiger partial charge < -0.3 is 31.9 Å². The largest absolute Gasteiger partial charge is 0.368 e. The molecule has 0 aromatic heterocycles. The standard InChI is InChI=1S/C46H47BrN6O7/c47-37-24-34(15-16-36(37)28-54)32-13-11-30(12-14-32)23-39-44(59)50-27-35-10-5-4-9-33(35)25-41(56)51-38(43(48)58)19-21-49-40(55)17-18-42(57)53-22-6-20-46(29-53,45(60)52-39)26-31-7-2-1-3-8-31/h1-5,7-18,24,28,38-39H,6,19-23,25-27,29H2,(H2,48,58)(H,49,55)(H,50,59)(H,51,56)(H,52,60)/b18-17+/t38-,39-,46-/m0/s1. The summed E-state index contributed by atoms with van der Waals surface area (Å²) >= 11 is 3.45. The highest BCUT2D eigenvalue weighted by Crippen LogP contribution is 2.35. The predicted octanol–water partition coefficient (Wildman–Crippen LogP) is 3.71. The van der Waals surface area contributed by atoms with Crippen LogP contribution in [0.15, 0.2) is 114 Å². The van der Waals surface area contributed by atoms with Crippen molar-refractivity contribution in [3.8, 4) is 11.1 Å². The Bertz CT molecular complexity index is 2280. The maximum atomic E-state index is 14.8. The summed E-state index contributed by atoms with van der Waals surface area (Å²) in [6.07, 6.45) is 4.30. The van der Waals surface area contributed by atoms with Crippen molar-refractivity contribution in [3.63, 3.8) is 0 Å². The minimum Gasteiger partial charge on any atom is -0.368 e. The molecule has 2 aliphatic heterocycles. The normalized spacial score (nSPS) is 21.4. The molecule has 1 saturated heterocycles. The average Bonchev–Trinajstić information content (AvgIpc) is 3.24. The molecule has 0 saturated carbocycles. The number of piperidine rings is 1. The van der Waals surface area contributed by atoms with Crippen molar-refractivity contribution in [2.75, 3.05) is 19.6 Å². The lowest BCUT2D eigenvalue weighted by molar-refractivity contribution is -0.141. The Morgan fingerprint density at radius 1 is 0.833 bits per heavy atom. The minimum absolute atomic E-state index is 0.00248. The van der Waals surface area contributed by atoms with E-state index in [-0.39, 0.29) is 44.8 Å². The third-order valence-corrected chi connectivity index (χ3v) is 11.6. The van der Waals surface area contributed by atoms with Gasteiger partial charge in [0.2, 0.25) is 35.4 Å². The van der Waals surface area contributed by atoms with Crippen molar-refractivity contribution in [3.05, 3.63) is 142 Å². The third kappa shape index (κ3) is 11.2. The second-order valence-corrected chi connectivity index (χ2v) is 16.0. The van der Waals surface area contributed by atoms with Gasteiger partial charge in [-0.15, -0.1) is 0 Å². The van der Waals surface area contributed by atoms with Crippen molar-refractivity contribution in [1.29, 1.82) is 0 Å². The molecule has 0 unspecified atom stereocenters. The van der Waals surface area contributed by atoms with Crippen molar-refractivity contribution in [2.45, 2.75) is 57.2 Å². The molecule has 0 aliphatic carbocycles. The molecule has 2 aliphatic rings. The third-order valence-electron chi connectivity index (χ3n) is 10.9. The van der Waals surface area contributed by atoms with Gasteiger partial charge in [0.1, 0.15) is 12.1 Å². The number of hydrogen-bond acceptors (Lipinski definition) is 7. The molecule has 13 nitrogen and oxygen atoms in total. The Labute approximate surface area is 356 Å². The van der Waals surface area contributed by atoms with Crippen LogP contribution in [0.1, 0.15) is 51.9 Å². The molecular formula is C46H47BrN6O7. The Kier molecular flexibility index (Phi) is 14.4. The number of fused-ring (bicyclic) bond motifs is 3. The number of hydrogen-bond donors (Lipinski definition) is 5. The number of carbonyl (C=O) groups excluding carboxylic acids is 7. The molecule has 6 amide bonds. The summed E-state index contributed by atoms with van der Waals surface area (Å²) in [5.74, 6) is -3.13. The highest BCUT2D eigenvalue weighted by Gasteiger charge is 2.44. The zero-order valence-electron chi connectivity index (χ0n) is 33.0. The summed E-state index contributed by atoms with van der Waals surface area (Å²) in [7, 11) is 0. The molecule has 4 aromatic carbocycles. The van der Waals surface area contributed by atoms with Crippen LogP contribution in [0.2, 0.25) is 0 Å². The molecule has 1 fully saturated rings. The molecule has 14 heteroatoms. The maximum Gasteiger partial charge on any atom is 0.246 e. The SMILES string of the molecule is NC(=O)[C@@H]1CCNC(=O)/C=C/C(=O)N2CCC[C@](Cc3ccccc3)(C2)C(=O)N[C@@H](Cc2ccc(-c3ccc(C=O)c(Br)c3)cc2)C(=O)NCc2ccccc2CC(=O)N1. The second-order valence-electron chi connectivity index (χ2n) is 15.2. The number of aldehydes is 1. The van der Waals surface area contributed by atoms with E-state index in [4.69, 9.17) is 5.73 Å². The molecular weight excluding hydrogens is 828 g/mol. The lowest BCUT2D eigenvalue weighted by Gasteiger charge is -2.42. The molecule has 2 bridgehead atoms. The lowest BCUT2D eigenvalue weighted by Crippen LogP contribution is -2.58. The lowest BCUT2D eigenvalue weighted by atomic mass is 9.74. The zero-order chi connectivity index (χ0) is 42.6. The van der Waals surface area contributed by atoms with Gasteiger partial charge in [0.15, 0.2) is 6.29 Å². The van der Waals surface area contributed by atoms with Crippen LogP contribution < -0.4 is 27.0 Å². The van der Waals surface area contributed by atoms with Gasteiger partial charge in [-0.25, -0.2) is 0 Å². The maximum absolute atomic E-state index is 14.8. The van der Waals surface area contributed by atoms with Crippen molar-refractivity contribution in [1.82, 2.24) is 26.2 Å². The van der Waals surface area contributed by atoms with Gasteiger partial charge in [-0.2, -0.15) is 0 Å². The predicted molar refractivity (Wildman–Crippen MR) is 229 cm³/mol. The van der Waals surface area contributed by atoms with Gasteiger partial charge in [-0.1, -0.05) is 101 Å². The number of rotatable bonds is 7. The summed E-state index contributed by atoms with van der Waals surface area (Å²) in [6, 6.07) is 27.5. The number of primary amides is 1. The smallest absolute Gasteiger partial charge is 0.246 e. The van der Waals surface area contributed by atoms with E-state index >= 15 is 0 Å². The van der Waals surface area contributed by atoms with Gasteiger partial charge in [0.05, 0.1) is 11.8 Å². The molecule has 60 heavy (non-hydrogen) atoms. The first-order valence-electron chi connectivity index (χ1n) is 19.8. The Hall–Kier alpha value is -6.41. The first-order valence-corrected chi connectivity index (χ1v) is 20.6. The second kappa shape index (κ2) is 20.0. The minimum atomic E-state index is -1.12. The number of nitrogens with zero attached hydrogens (tertiary/aromatic N) is 1. The monoisotopic (exact) mass is 874 g/mol. The van der Waals surface area contributed by atoms with E-state index < -0.39 is 47.0 Å². The van der Waals surface area contributed by atoms with Crippen molar-refractivity contribution < 1.29 is 33.6 Å². The number of carbonyl (C=O) groups is 7. The van der Waals surface area contributed by atoms with Crippen LogP contribution in [0, 0.1) is 5.41 Å².